The van der Waals surface area contributed by atoms with Crippen molar-refractivity contribution in [2.45, 2.75) is 13.0 Å². The molecule has 0 amide bonds. The van der Waals surface area contributed by atoms with E-state index in [1.54, 1.807) is 0 Å². The minimum absolute atomic E-state index is 0.234. The highest BCUT2D eigenvalue weighted by Gasteiger charge is 2.34. The molecule has 17 heavy (non-hydrogen) atoms. The average molecular weight is 241 g/mol. The lowest BCUT2D eigenvalue weighted by molar-refractivity contribution is 0.00503. The van der Waals surface area contributed by atoms with Crippen LogP contribution in [0.3, 0.4) is 0 Å². The van der Waals surface area contributed by atoms with Crippen molar-refractivity contribution in [3.63, 3.8) is 0 Å². The zero-order valence-corrected chi connectivity index (χ0v) is 9.00. The summed E-state index contributed by atoms with van der Waals surface area (Å²) in [5, 5.41) is 0. The van der Waals surface area contributed by atoms with Crippen molar-refractivity contribution in [1.29, 1.82) is 0 Å². The molecule has 0 saturated heterocycles. The van der Waals surface area contributed by atoms with Gasteiger partial charge in [-0.15, -0.1) is 4.99 Å². The van der Waals surface area contributed by atoms with Crippen LogP contribution in [0.4, 0.5) is 8.78 Å². The van der Waals surface area contributed by atoms with Crippen LogP contribution in [0.2, 0.25) is 0 Å². The van der Waals surface area contributed by atoms with Gasteiger partial charge in [0.05, 0.1) is 5.56 Å². The van der Waals surface area contributed by atoms with Gasteiger partial charge in [0, 0.05) is 0 Å². The molecule has 0 spiro atoms. The quantitative estimate of drug-likeness (QED) is 0.453. The normalized spacial score (nSPS) is 14.1. The molecule has 0 unspecified atom stereocenters. The Morgan fingerprint density at radius 2 is 1.88 bits per heavy atom. The zero-order chi connectivity index (χ0) is 12.5. The van der Waals surface area contributed by atoms with E-state index in [0.29, 0.717) is 19.0 Å². The van der Waals surface area contributed by atoms with E-state index in [1.165, 1.54) is 13.0 Å². The Labute approximate surface area is 95.9 Å². The molecule has 1 aromatic rings. The van der Waals surface area contributed by atoms with E-state index in [-0.39, 0.29) is 16.9 Å². The van der Waals surface area contributed by atoms with Gasteiger partial charge in [-0.2, -0.15) is 8.78 Å². The van der Waals surface area contributed by atoms with Gasteiger partial charge in [0.2, 0.25) is 6.08 Å². The van der Waals surface area contributed by atoms with Gasteiger partial charge in [-0.1, -0.05) is 0 Å². The van der Waals surface area contributed by atoms with Crippen LogP contribution in [0, 0.1) is 6.92 Å². The van der Waals surface area contributed by atoms with E-state index in [0.717, 1.165) is 12.1 Å². The SMILES string of the molecule is Cc1cc2c(cc1C(F)(F)N=C=O)OCCO2. The third-order valence-corrected chi connectivity index (χ3v) is 2.40. The lowest BCUT2D eigenvalue weighted by Crippen LogP contribution is -2.18. The smallest absolute Gasteiger partial charge is 0.379 e. The standard InChI is InChI=1S/C11H9F2NO3/c1-7-4-9-10(17-3-2-16-9)5-8(7)11(12,13)14-6-15/h4-5H,2-3H2,1H3. The van der Waals surface area contributed by atoms with Gasteiger partial charge in [0.15, 0.2) is 11.5 Å². The number of aryl methyl sites for hydroxylation is 1. The first-order valence-corrected chi connectivity index (χ1v) is 4.92. The summed E-state index contributed by atoms with van der Waals surface area (Å²) in [7, 11) is 0. The van der Waals surface area contributed by atoms with Gasteiger partial charge < -0.3 is 9.47 Å². The molecule has 1 aromatic carbocycles. The van der Waals surface area contributed by atoms with Gasteiger partial charge in [0.1, 0.15) is 13.2 Å². The van der Waals surface area contributed by atoms with Crippen LogP contribution in [0.25, 0.3) is 0 Å². The van der Waals surface area contributed by atoms with E-state index in [2.05, 4.69) is 4.99 Å². The van der Waals surface area contributed by atoms with Crippen molar-refractivity contribution < 1.29 is 23.0 Å². The van der Waals surface area contributed by atoms with Crippen LogP contribution in [0.1, 0.15) is 11.1 Å². The second-order valence-corrected chi connectivity index (χ2v) is 3.56. The fraction of sp³-hybridized carbons (Fsp3) is 0.364. The van der Waals surface area contributed by atoms with E-state index in [1.807, 2.05) is 0 Å². The number of hydrogen-bond acceptors (Lipinski definition) is 4. The predicted octanol–water partition coefficient (Wildman–Crippen LogP) is 2.15. The van der Waals surface area contributed by atoms with E-state index < -0.39 is 6.05 Å². The molecule has 2 rings (SSSR count). The molecule has 0 aromatic heterocycles. The molecule has 0 atom stereocenters. The van der Waals surface area contributed by atoms with Gasteiger partial charge in [0.25, 0.3) is 0 Å². The van der Waals surface area contributed by atoms with Crippen LogP contribution in [-0.2, 0) is 10.8 Å². The highest BCUT2D eigenvalue weighted by molar-refractivity contribution is 5.49. The Kier molecular flexibility index (Phi) is 2.81. The Hall–Kier alpha value is -1.94. The topological polar surface area (TPSA) is 47.9 Å². The summed E-state index contributed by atoms with van der Waals surface area (Å²) in [5.74, 6) is 0.654. The summed E-state index contributed by atoms with van der Waals surface area (Å²) in [6, 6.07) is -1.01. The summed E-state index contributed by atoms with van der Waals surface area (Å²) in [5.41, 5.74) is -0.108. The third-order valence-electron chi connectivity index (χ3n) is 2.40. The Morgan fingerprint density at radius 3 is 2.47 bits per heavy atom. The molecular weight excluding hydrogens is 232 g/mol. The second kappa shape index (κ2) is 4.14. The molecule has 1 heterocycles. The van der Waals surface area contributed by atoms with Crippen LogP contribution in [0.15, 0.2) is 17.1 Å². The minimum atomic E-state index is -3.60. The van der Waals surface area contributed by atoms with Crippen LogP contribution in [0.5, 0.6) is 11.5 Å². The number of aliphatic imine (C=N–C) groups is 1. The number of benzene rings is 1. The number of nitrogens with zero attached hydrogens (tertiary/aromatic N) is 1. The Bertz CT molecular complexity index is 496. The second-order valence-electron chi connectivity index (χ2n) is 3.56. The van der Waals surface area contributed by atoms with Gasteiger partial charge in [-0.05, 0) is 24.6 Å². The molecule has 0 bridgehead atoms. The summed E-state index contributed by atoms with van der Waals surface area (Å²) < 4.78 is 37.4. The highest BCUT2D eigenvalue weighted by atomic mass is 19.3. The van der Waals surface area contributed by atoms with Crippen molar-refractivity contribution in [3.8, 4) is 11.5 Å². The number of carbonyl (C=O) groups excluding carboxylic acids is 1. The lowest BCUT2D eigenvalue weighted by Gasteiger charge is -2.21. The fourth-order valence-corrected chi connectivity index (χ4v) is 1.63. The van der Waals surface area contributed by atoms with Gasteiger partial charge in [-0.3, -0.25) is 0 Å². The fourth-order valence-electron chi connectivity index (χ4n) is 1.63. The molecule has 0 N–H and O–H groups in total. The maximum atomic E-state index is 13.5. The Morgan fingerprint density at radius 1 is 1.29 bits per heavy atom. The van der Waals surface area contributed by atoms with Crippen molar-refractivity contribution in [2.24, 2.45) is 4.99 Å². The molecular formula is C11H9F2NO3. The molecule has 6 heteroatoms. The average Bonchev–Trinajstić information content (AvgIpc) is 2.27. The van der Waals surface area contributed by atoms with Crippen molar-refractivity contribution in [2.75, 3.05) is 13.2 Å². The third kappa shape index (κ3) is 2.12. The summed E-state index contributed by atoms with van der Waals surface area (Å²) in [6.45, 7) is 2.18. The van der Waals surface area contributed by atoms with E-state index >= 15 is 0 Å². The summed E-state index contributed by atoms with van der Waals surface area (Å²) in [4.78, 5) is 12.5. The molecule has 1 aliphatic heterocycles. The zero-order valence-electron chi connectivity index (χ0n) is 9.00. The molecule has 90 valence electrons. The van der Waals surface area contributed by atoms with E-state index in [9.17, 15) is 13.6 Å². The number of isocyanates is 1. The van der Waals surface area contributed by atoms with Crippen LogP contribution in [-0.4, -0.2) is 19.3 Å². The van der Waals surface area contributed by atoms with Crippen LogP contribution >= 0.6 is 0 Å². The largest absolute Gasteiger partial charge is 0.486 e. The first kappa shape index (κ1) is 11.5. The summed E-state index contributed by atoms with van der Waals surface area (Å²) in [6.07, 6.45) is 0.867. The van der Waals surface area contributed by atoms with Crippen LogP contribution < -0.4 is 9.47 Å². The number of fused-ring (bicyclic) bond motifs is 1. The Balaban J connectivity index is 2.51. The van der Waals surface area contributed by atoms with E-state index in [4.69, 9.17) is 9.47 Å². The van der Waals surface area contributed by atoms with Gasteiger partial charge in [-0.25, -0.2) is 4.79 Å². The highest BCUT2D eigenvalue weighted by Crippen LogP contribution is 2.39. The number of rotatable bonds is 2. The molecule has 0 radical (unpaired) electrons. The lowest BCUT2D eigenvalue weighted by atomic mass is 10.1. The molecule has 0 aliphatic carbocycles. The molecule has 1 aliphatic rings. The first-order chi connectivity index (χ1) is 8.04. The maximum Gasteiger partial charge on any atom is 0.379 e. The number of alkyl halides is 2. The van der Waals surface area contributed by atoms with Crippen molar-refractivity contribution >= 4 is 6.08 Å². The minimum Gasteiger partial charge on any atom is -0.486 e. The number of hydrogen-bond donors (Lipinski definition) is 0. The first-order valence-electron chi connectivity index (χ1n) is 4.92. The van der Waals surface area contributed by atoms with Gasteiger partial charge >= 0.3 is 6.05 Å². The molecule has 0 saturated carbocycles. The van der Waals surface area contributed by atoms with Crippen molar-refractivity contribution in [3.05, 3.63) is 23.3 Å². The summed E-state index contributed by atoms with van der Waals surface area (Å²) >= 11 is 0. The molecule has 0 fully saturated rings. The molecule has 4 nitrogen and oxygen atoms in total. The maximum absolute atomic E-state index is 13.5. The number of halogens is 2. The van der Waals surface area contributed by atoms with Crippen molar-refractivity contribution in [1.82, 2.24) is 0 Å². The monoisotopic (exact) mass is 241 g/mol. The predicted molar refractivity (Wildman–Crippen MR) is 54.2 cm³/mol. The number of ether oxygens (including phenoxy) is 2.